The average Bonchev–Trinajstić information content (AvgIpc) is 1.98. The SMILES string of the molecule is C=CCC(C(=C)C)C(C)=CO. The molecule has 0 rings (SSSR count). The van der Waals surface area contributed by atoms with Gasteiger partial charge in [-0.3, -0.25) is 0 Å². The third kappa shape index (κ3) is 3.08. The van der Waals surface area contributed by atoms with Gasteiger partial charge in [0.15, 0.2) is 0 Å². The van der Waals surface area contributed by atoms with Gasteiger partial charge in [0.05, 0.1) is 6.26 Å². The van der Waals surface area contributed by atoms with E-state index in [1.165, 1.54) is 0 Å². The van der Waals surface area contributed by atoms with Crippen molar-refractivity contribution < 1.29 is 5.11 Å². The molecule has 0 aromatic carbocycles. The van der Waals surface area contributed by atoms with Crippen LogP contribution < -0.4 is 0 Å². The Morgan fingerprint density at radius 3 is 2.36 bits per heavy atom. The summed E-state index contributed by atoms with van der Waals surface area (Å²) in [6.07, 6.45) is 3.83. The molecule has 0 saturated heterocycles. The maximum absolute atomic E-state index is 8.74. The third-order valence-electron chi connectivity index (χ3n) is 1.75. The highest BCUT2D eigenvalue weighted by atomic mass is 16.2. The van der Waals surface area contributed by atoms with Crippen LogP contribution in [0.4, 0.5) is 0 Å². The summed E-state index contributed by atoms with van der Waals surface area (Å²) < 4.78 is 0. The summed E-state index contributed by atoms with van der Waals surface area (Å²) in [6.45, 7) is 11.3. The number of hydrogen-bond acceptors (Lipinski definition) is 1. The van der Waals surface area contributed by atoms with E-state index in [9.17, 15) is 0 Å². The van der Waals surface area contributed by atoms with Gasteiger partial charge in [-0.15, -0.1) is 6.58 Å². The van der Waals surface area contributed by atoms with Crippen molar-refractivity contribution in [3.63, 3.8) is 0 Å². The van der Waals surface area contributed by atoms with Gasteiger partial charge in [-0.1, -0.05) is 18.2 Å². The number of aliphatic hydroxyl groups is 1. The van der Waals surface area contributed by atoms with E-state index >= 15 is 0 Å². The van der Waals surface area contributed by atoms with E-state index < -0.39 is 0 Å². The van der Waals surface area contributed by atoms with Crippen molar-refractivity contribution in [3.05, 3.63) is 36.6 Å². The van der Waals surface area contributed by atoms with Crippen LogP contribution in [0, 0.1) is 5.92 Å². The molecule has 0 radical (unpaired) electrons. The van der Waals surface area contributed by atoms with Crippen molar-refractivity contribution >= 4 is 0 Å². The minimum absolute atomic E-state index is 0.248. The zero-order valence-electron chi connectivity index (χ0n) is 7.30. The molecule has 0 bridgehead atoms. The van der Waals surface area contributed by atoms with Crippen molar-refractivity contribution in [2.24, 2.45) is 5.92 Å². The molecule has 0 aromatic rings. The van der Waals surface area contributed by atoms with E-state index in [-0.39, 0.29) is 5.92 Å². The lowest BCUT2D eigenvalue weighted by molar-refractivity contribution is 0.458. The van der Waals surface area contributed by atoms with Gasteiger partial charge in [0.1, 0.15) is 0 Å². The summed E-state index contributed by atoms with van der Waals surface area (Å²) in [5.41, 5.74) is 2.00. The molecule has 1 unspecified atom stereocenters. The Morgan fingerprint density at radius 2 is 2.09 bits per heavy atom. The van der Waals surface area contributed by atoms with E-state index in [4.69, 9.17) is 5.11 Å². The van der Waals surface area contributed by atoms with Crippen molar-refractivity contribution in [2.45, 2.75) is 20.3 Å². The molecule has 0 fully saturated rings. The second-order valence-corrected chi connectivity index (χ2v) is 2.80. The first-order valence-corrected chi connectivity index (χ1v) is 3.70. The molecule has 1 nitrogen and oxygen atoms in total. The summed E-state index contributed by atoms with van der Waals surface area (Å²) in [5, 5.41) is 8.74. The van der Waals surface area contributed by atoms with Crippen LogP contribution in [0.25, 0.3) is 0 Å². The number of aliphatic hydroxyl groups excluding tert-OH is 1. The Morgan fingerprint density at radius 1 is 1.55 bits per heavy atom. The topological polar surface area (TPSA) is 20.2 Å². The molecule has 1 atom stereocenters. The van der Waals surface area contributed by atoms with E-state index in [0.717, 1.165) is 23.8 Å². The molecule has 11 heavy (non-hydrogen) atoms. The number of allylic oxidation sites excluding steroid dienone is 3. The van der Waals surface area contributed by atoms with Crippen LogP contribution in [0.5, 0.6) is 0 Å². The molecule has 1 heteroatoms. The Labute approximate surface area is 68.7 Å². The van der Waals surface area contributed by atoms with E-state index in [2.05, 4.69) is 13.2 Å². The molecule has 0 aromatic heterocycles. The Bertz CT molecular complexity index is 177. The smallest absolute Gasteiger partial charge is 0.0786 e. The third-order valence-corrected chi connectivity index (χ3v) is 1.75. The zero-order chi connectivity index (χ0) is 8.85. The Kier molecular flexibility index (Phi) is 4.35. The molecule has 0 aliphatic carbocycles. The minimum atomic E-state index is 0.248. The molecule has 0 aliphatic rings. The van der Waals surface area contributed by atoms with Crippen LogP contribution in [-0.4, -0.2) is 5.11 Å². The maximum atomic E-state index is 8.74. The summed E-state index contributed by atoms with van der Waals surface area (Å²) >= 11 is 0. The van der Waals surface area contributed by atoms with Crippen molar-refractivity contribution in [1.82, 2.24) is 0 Å². The lowest BCUT2D eigenvalue weighted by atomic mass is 9.91. The fourth-order valence-corrected chi connectivity index (χ4v) is 1.03. The predicted molar refractivity (Wildman–Crippen MR) is 49.5 cm³/mol. The van der Waals surface area contributed by atoms with Gasteiger partial charge in [-0.25, -0.2) is 0 Å². The maximum Gasteiger partial charge on any atom is 0.0786 e. The van der Waals surface area contributed by atoms with Crippen LogP contribution in [0.1, 0.15) is 20.3 Å². The van der Waals surface area contributed by atoms with Gasteiger partial charge in [0.25, 0.3) is 0 Å². The van der Waals surface area contributed by atoms with Crippen LogP contribution >= 0.6 is 0 Å². The van der Waals surface area contributed by atoms with Crippen molar-refractivity contribution in [2.75, 3.05) is 0 Å². The normalized spacial score (nSPS) is 14.2. The highest BCUT2D eigenvalue weighted by Gasteiger charge is 2.08. The first kappa shape index (κ1) is 10.0. The van der Waals surface area contributed by atoms with Crippen LogP contribution in [0.3, 0.4) is 0 Å². The van der Waals surface area contributed by atoms with E-state index in [1.807, 2.05) is 19.9 Å². The molecule has 1 N–H and O–H groups in total. The summed E-state index contributed by atoms with van der Waals surface area (Å²) in [5.74, 6) is 0.248. The summed E-state index contributed by atoms with van der Waals surface area (Å²) in [7, 11) is 0. The van der Waals surface area contributed by atoms with Gasteiger partial charge in [0.2, 0.25) is 0 Å². The molecule has 0 heterocycles. The first-order chi connectivity index (χ1) is 5.13. The fourth-order valence-electron chi connectivity index (χ4n) is 1.03. The lowest BCUT2D eigenvalue weighted by Crippen LogP contribution is -2.01. The van der Waals surface area contributed by atoms with Crippen molar-refractivity contribution in [3.8, 4) is 0 Å². The lowest BCUT2D eigenvalue weighted by Gasteiger charge is -2.14. The first-order valence-electron chi connectivity index (χ1n) is 3.70. The summed E-state index contributed by atoms with van der Waals surface area (Å²) in [6, 6.07) is 0. The second kappa shape index (κ2) is 4.78. The monoisotopic (exact) mass is 152 g/mol. The van der Waals surface area contributed by atoms with Crippen LogP contribution in [0.2, 0.25) is 0 Å². The Hall–Kier alpha value is -0.980. The minimum Gasteiger partial charge on any atom is -0.516 e. The second-order valence-electron chi connectivity index (χ2n) is 2.80. The molecule has 62 valence electrons. The molecule has 0 saturated carbocycles. The molecule has 0 amide bonds. The highest BCUT2D eigenvalue weighted by molar-refractivity contribution is 5.15. The number of hydrogen-bond donors (Lipinski definition) is 1. The van der Waals surface area contributed by atoms with E-state index in [0.29, 0.717) is 0 Å². The highest BCUT2D eigenvalue weighted by Crippen LogP contribution is 2.21. The average molecular weight is 152 g/mol. The van der Waals surface area contributed by atoms with Crippen molar-refractivity contribution in [1.29, 1.82) is 0 Å². The molecular weight excluding hydrogens is 136 g/mol. The zero-order valence-corrected chi connectivity index (χ0v) is 7.30. The van der Waals surface area contributed by atoms with E-state index in [1.54, 1.807) is 0 Å². The van der Waals surface area contributed by atoms with Gasteiger partial charge < -0.3 is 5.11 Å². The van der Waals surface area contributed by atoms with Gasteiger partial charge >= 0.3 is 0 Å². The van der Waals surface area contributed by atoms with Crippen LogP contribution in [-0.2, 0) is 0 Å². The van der Waals surface area contributed by atoms with Gasteiger partial charge in [-0.2, -0.15) is 0 Å². The van der Waals surface area contributed by atoms with Crippen LogP contribution in [0.15, 0.2) is 36.6 Å². The molecular formula is C10H16O. The molecule has 0 aliphatic heterocycles. The quantitative estimate of drug-likeness (QED) is 0.484. The standard InChI is InChI=1S/C10H16O/c1-5-6-10(8(2)3)9(4)7-11/h5,7,10-11H,1-2,6H2,3-4H3. The largest absolute Gasteiger partial charge is 0.516 e. The molecule has 0 spiro atoms. The van der Waals surface area contributed by atoms with Gasteiger partial charge in [0, 0.05) is 5.92 Å². The fraction of sp³-hybridized carbons (Fsp3) is 0.400. The van der Waals surface area contributed by atoms with Gasteiger partial charge in [-0.05, 0) is 25.8 Å². The predicted octanol–water partition coefficient (Wildman–Crippen LogP) is 3.22. The summed E-state index contributed by atoms with van der Waals surface area (Å²) in [4.78, 5) is 0. The number of rotatable bonds is 4. The Balaban J connectivity index is 4.33.